The number of nitrogens with zero attached hydrogens (tertiary/aromatic N) is 1. The SMILES string of the molecule is CCCCCC(=O)c1ccc(O)c2c1C[C@@H]1C[C@@H]3[C@@H](N(C)C)C(O)=C(C(N)=O)C(=O)[C@]3(O)C(O)=C1C2=O. The fourth-order valence-electron chi connectivity index (χ4n) is 6.18. The van der Waals surface area contributed by atoms with E-state index in [0.717, 1.165) is 12.8 Å². The van der Waals surface area contributed by atoms with E-state index in [1.54, 1.807) is 14.1 Å². The number of rotatable bonds is 7. The van der Waals surface area contributed by atoms with E-state index in [0.29, 0.717) is 17.5 Å². The maximum absolute atomic E-state index is 13.7. The number of aromatic hydroxyl groups is 1. The zero-order valence-corrected chi connectivity index (χ0v) is 21.1. The largest absolute Gasteiger partial charge is 0.510 e. The number of fused-ring (bicyclic) bond motifs is 3. The van der Waals surface area contributed by atoms with Gasteiger partial charge in [0, 0.05) is 23.5 Å². The zero-order chi connectivity index (χ0) is 27.4. The maximum Gasteiger partial charge on any atom is 0.255 e. The quantitative estimate of drug-likeness (QED) is 0.207. The van der Waals surface area contributed by atoms with Crippen molar-refractivity contribution in [1.82, 2.24) is 4.90 Å². The van der Waals surface area contributed by atoms with Gasteiger partial charge >= 0.3 is 0 Å². The van der Waals surface area contributed by atoms with E-state index >= 15 is 0 Å². The Bertz CT molecular complexity index is 1280. The van der Waals surface area contributed by atoms with Crippen LogP contribution >= 0.6 is 0 Å². The fraction of sp³-hybridized carbons (Fsp3) is 0.481. The van der Waals surface area contributed by atoms with Crippen LogP contribution in [0.15, 0.2) is 34.8 Å². The number of aliphatic hydroxyl groups is 3. The fourth-order valence-corrected chi connectivity index (χ4v) is 6.18. The average Bonchev–Trinajstić information content (AvgIpc) is 2.81. The Morgan fingerprint density at radius 2 is 1.81 bits per heavy atom. The number of phenols is 1. The minimum absolute atomic E-state index is 0.0229. The number of hydrogen-bond donors (Lipinski definition) is 5. The predicted octanol–water partition coefficient (Wildman–Crippen LogP) is 1.88. The molecule has 1 aromatic rings. The van der Waals surface area contributed by atoms with Crippen molar-refractivity contribution in [3.05, 3.63) is 51.5 Å². The molecule has 4 rings (SSSR count). The Morgan fingerprint density at radius 3 is 2.41 bits per heavy atom. The van der Waals surface area contributed by atoms with E-state index in [4.69, 9.17) is 5.73 Å². The second-order valence-corrected chi connectivity index (χ2v) is 10.3. The average molecular weight is 513 g/mol. The molecule has 0 bridgehead atoms. The molecule has 1 amide bonds. The molecule has 0 spiro atoms. The highest BCUT2D eigenvalue weighted by Gasteiger charge is 2.63. The first kappa shape index (κ1) is 26.6. The molecule has 0 heterocycles. The van der Waals surface area contributed by atoms with Gasteiger partial charge in [0.15, 0.2) is 17.2 Å². The molecule has 10 heteroatoms. The number of primary amides is 1. The first-order valence-corrected chi connectivity index (χ1v) is 12.4. The van der Waals surface area contributed by atoms with Gasteiger partial charge in [-0.15, -0.1) is 0 Å². The van der Waals surface area contributed by atoms with E-state index < -0.39 is 58.0 Å². The Kier molecular flexibility index (Phi) is 6.76. The summed E-state index contributed by atoms with van der Waals surface area (Å²) in [5.74, 6) is -7.27. The van der Waals surface area contributed by atoms with Crippen LogP contribution in [0.5, 0.6) is 5.75 Å². The van der Waals surface area contributed by atoms with Crippen LogP contribution in [0.4, 0.5) is 0 Å². The van der Waals surface area contributed by atoms with Crippen LogP contribution in [0.2, 0.25) is 0 Å². The van der Waals surface area contributed by atoms with Crippen LogP contribution in [-0.4, -0.2) is 74.3 Å². The number of benzene rings is 1. The van der Waals surface area contributed by atoms with Gasteiger partial charge in [0.2, 0.25) is 5.78 Å². The molecule has 0 unspecified atom stereocenters. The number of amides is 1. The number of allylic oxidation sites excluding steroid dienone is 1. The first-order chi connectivity index (χ1) is 17.4. The molecule has 0 radical (unpaired) electrons. The predicted molar refractivity (Wildman–Crippen MR) is 132 cm³/mol. The van der Waals surface area contributed by atoms with Crippen LogP contribution in [0, 0.1) is 11.8 Å². The standard InChI is InChI=1S/C27H32N2O8/c1-4-5-6-7-16(30)13-8-9-17(31)19-14(13)10-12-11-15-21(29(2)3)23(33)20(26(28)36)25(35)27(15,37)24(34)18(12)22(19)32/h8-9,12,15,21,31,33-34,37H,4-7,10-11H2,1-3H3,(H2,28,36)/t12-,15-,21-,27-/m1/s1. The van der Waals surface area contributed by atoms with E-state index in [1.165, 1.54) is 17.0 Å². The Hall–Kier alpha value is -3.50. The van der Waals surface area contributed by atoms with Crippen LogP contribution < -0.4 is 5.73 Å². The van der Waals surface area contributed by atoms with E-state index in [2.05, 4.69) is 0 Å². The molecule has 6 N–H and O–H groups in total. The van der Waals surface area contributed by atoms with Crippen molar-refractivity contribution in [3.8, 4) is 5.75 Å². The van der Waals surface area contributed by atoms with Gasteiger partial charge in [0.25, 0.3) is 5.91 Å². The van der Waals surface area contributed by atoms with Gasteiger partial charge in [-0.1, -0.05) is 19.8 Å². The van der Waals surface area contributed by atoms with Gasteiger partial charge in [-0.2, -0.15) is 0 Å². The maximum atomic E-state index is 13.7. The number of aliphatic hydroxyl groups excluding tert-OH is 2. The second-order valence-electron chi connectivity index (χ2n) is 10.3. The van der Waals surface area contributed by atoms with Gasteiger partial charge in [0.05, 0.1) is 11.6 Å². The van der Waals surface area contributed by atoms with E-state index in [9.17, 15) is 39.6 Å². The third kappa shape index (κ3) is 3.86. The number of ketones is 3. The molecular formula is C27H32N2O8. The molecule has 1 aromatic carbocycles. The van der Waals surface area contributed by atoms with Crippen molar-refractivity contribution in [2.45, 2.75) is 57.1 Å². The van der Waals surface area contributed by atoms with Crippen LogP contribution in [0.1, 0.15) is 65.3 Å². The molecule has 198 valence electrons. The molecule has 0 saturated carbocycles. The normalized spacial score (nSPS) is 27.2. The highest BCUT2D eigenvalue weighted by molar-refractivity contribution is 6.25. The van der Waals surface area contributed by atoms with Crippen LogP contribution in [-0.2, 0) is 16.0 Å². The summed E-state index contributed by atoms with van der Waals surface area (Å²) in [6.07, 6.45) is 2.85. The van der Waals surface area contributed by atoms with Gasteiger partial charge in [-0.05, 0) is 57.0 Å². The van der Waals surface area contributed by atoms with E-state index in [1.807, 2.05) is 6.92 Å². The van der Waals surface area contributed by atoms with E-state index in [-0.39, 0.29) is 41.9 Å². The molecule has 0 saturated heterocycles. The number of nitrogens with two attached hydrogens (primary N) is 1. The summed E-state index contributed by atoms with van der Waals surface area (Å²) in [7, 11) is 3.14. The van der Waals surface area contributed by atoms with Gasteiger partial charge < -0.3 is 26.2 Å². The molecule has 0 aliphatic heterocycles. The van der Waals surface area contributed by atoms with Crippen molar-refractivity contribution in [1.29, 1.82) is 0 Å². The Balaban J connectivity index is 1.88. The molecular weight excluding hydrogens is 480 g/mol. The lowest BCUT2D eigenvalue weighted by Gasteiger charge is -2.50. The van der Waals surface area contributed by atoms with Gasteiger partial charge in [-0.3, -0.25) is 24.1 Å². The summed E-state index contributed by atoms with van der Waals surface area (Å²) in [6.45, 7) is 2.02. The smallest absolute Gasteiger partial charge is 0.255 e. The minimum Gasteiger partial charge on any atom is -0.510 e. The Labute approximate surface area is 214 Å². The van der Waals surface area contributed by atoms with Crippen LogP contribution in [0.3, 0.4) is 0 Å². The molecule has 0 fully saturated rings. The number of carbonyl (C=O) groups is 4. The molecule has 10 nitrogen and oxygen atoms in total. The van der Waals surface area contributed by atoms with Crippen molar-refractivity contribution < 1.29 is 39.6 Å². The lowest BCUT2D eigenvalue weighted by Crippen LogP contribution is -2.63. The highest BCUT2D eigenvalue weighted by Crippen LogP contribution is 2.52. The lowest BCUT2D eigenvalue weighted by atomic mass is 9.58. The monoisotopic (exact) mass is 512 g/mol. The molecule has 3 aliphatic rings. The molecule has 0 aromatic heterocycles. The van der Waals surface area contributed by atoms with Crippen molar-refractivity contribution in [2.24, 2.45) is 17.6 Å². The number of unbranched alkanes of at least 4 members (excludes halogenated alkanes) is 2. The van der Waals surface area contributed by atoms with Crippen molar-refractivity contribution >= 4 is 23.3 Å². The first-order valence-electron chi connectivity index (χ1n) is 12.4. The number of Topliss-reactive ketones (excluding diaryl/α,β-unsaturated/α-hetero) is 3. The third-order valence-corrected chi connectivity index (χ3v) is 7.91. The second kappa shape index (κ2) is 9.42. The molecule has 37 heavy (non-hydrogen) atoms. The third-order valence-electron chi connectivity index (χ3n) is 7.91. The number of phenolic OH excluding ortho intramolecular Hbond substituents is 1. The number of likely N-dealkylation sites (N-methyl/N-ethyl adjacent to an activating group) is 1. The van der Waals surface area contributed by atoms with Crippen LogP contribution in [0.25, 0.3) is 0 Å². The highest BCUT2D eigenvalue weighted by atomic mass is 16.3. The summed E-state index contributed by atoms with van der Waals surface area (Å²) in [6, 6.07) is 1.68. The lowest BCUT2D eigenvalue weighted by molar-refractivity contribution is -0.148. The zero-order valence-electron chi connectivity index (χ0n) is 21.1. The summed E-state index contributed by atoms with van der Waals surface area (Å²) >= 11 is 0. The minimum atomic E-state index is -2.69. The van der Waals surface area contributed by atoms with Crippen molar-refractivity contribution in [3.63, 3.8) is 0 Å². The number of hydrogen-bond acceptors (Lipinski definition) is 9. The van der Waals surface area contributed by atoms with Gasteiger partial charge in [0.1, 0.15) is 22.8 Å². The van der Waals surface area contributed by atoms with Crippen molar-refractivity contribution in [2.75, 3.05) is 14.1 Å². The topological polar surface area (TPSA) is 178 Å². The summed E-state index contributed by atoms with van der Waals surface area (Å²) in [4.78, 5) is 53.5. The van der Waals surface area contributed by atoms with Gasteiger partial charge in [-0.25, -0.2) is 0 Å². The molecule has 4 atom stereocenters. The summed E-state index contributed by atoms with van der Waals surface area (Å²) in [5, 5.41) is 44.3. The Morgan fingerprint density at radius 1 is 1.14 bits per heavy atom. The summed E-state index contributed by atoms with van der Waals surface area (Å²) < 4.78 is 0. The summed E-state index contributed by atoms with van der Waals surface area (Å²) in [5.41, 5.74) is 2.08. The molecule has 3 aliphatic carbocycles. The number of carbonyl (C=O) groups excluding carboxylic acids is 4.